The Morgan fingerprint density at radius 2 is 2.05 bits per heavy atom. The number of nitrogens with two attached hydrogens (primary N) is 1. The van der Waals surface area contributed by atoms with Crippen molar-refractivity contribution in [2.24, 2.45) is 11.7 Å². The summed E-state index contributed by atoms with van der Waals surface area (Å²) in [5.74, 6) is 1.01. The number of amides is 1. The fraction of sp³-hybridized carbons (Fsp3) is 0.467. The lowest BCUT2D eigenvalue weighted by Gasteiger charge is -2.17. The number of H-pyrrole nitrogens is 1. The van der Waals surface area contributed by atoms with E-state index in [1.54, 1.807) is 0 Å². The maximum atomic E-state index is 12.0. The summed E-state index contributed by atoms with van der Waals surface area (Å²) in [5, 5.41) is 2.90. The monoisotopic (exact) mass is 274 g/mol. The smallest absolute Gasteiger partial charge is 0.237 e. The molecular formula is C15H22N4O. The number of rotatable bonds is 5. The number of aromatic nitrogens is 2. The average Bonchev–Trinajstić information content (AvgIpc) is 2.81. The number of para-hydroxylation sites is 2. The van der Waals surface area contributed by atoms with Gasteiger partial charge < -0.3 is 16.0 Å². The van der Waals surface area contributed by atoms with Crippen molar-refractivity contribution in [3.63, 3.8) is 0 Å². The summed E-state index contributed by atoms with van der Waals surface area (Å²) in [6.07, 6.45) is 0.679. The summed E-state index contributed by atoms with van der Waals surface area (Å²) in [7, 11) is 0. The molecule has 0 radical (unpaired) electrons. The molecule has 1 aromatic heterocycles. The van der Waals surface area contributed by atoms with Crippen LogP contribution in [-0.2, 0) is 4.79 Å². The van der Waals surface area contributed by atoms with Crippen molar-refractivity contribution in [1.82, 2.24) is 15.3 Å². The topological polar surface area (TPSA) is 83.8 Å². The van der Waals surface area contributed by atoms with E-state index in [1.807, 2.05) is 31.2 Å². The highest BCUT2D eigenvalue weighted by atomic mass is 16.2. The average molecular weight is 274 g/mol. The van der Waals surface area contributed by atoms with E-state index in [1.165, 1.54) is 0 Å². The van der Waals surface area contributed by atoms with Crippen LogP contribution < -0.4 is 11.1 Å². The van der Waals surface area contributed by atoms with Crippen LogP contribution in [0.2, 0.25) is 0 Å². The van der Waals surface area contributed by atoms with Gasteiger partial charge >= 0.3 is 0 Å². The molecule has 5 heteroatoms. The molecule has 1 heterocycles. The van der Waals surface area contributed by atoms with Crippen molar-refractivity contribution in [2.75, 3.05) is 0 Å². The van der Waals surface area contributed by atoms with Gasteiger partial charge in [0.15, 0.2) is 0 Å². The van der Waals surface area contributed by atoms with Crippen LogP contribution >= 0.6 is 0 Å². The molecule has 0 aliphatic carbocycles. The summed E-state index contributed by atoms with van der Waals surface area (Å²) < 4.78 is 0. The van der Waals surface area contributed by atoms with E-state index in [0.29, 0.717) is 12.3 Å². The first kappa shape index (κ1) is 14.5. The lowest BCUT2D eigenvalue weighted by atomic mass is 10.0. The first-order valence-corrected chi connectivity index (χ1v) is 6.98. The summed E-state index contributed by atoms with van der Waals surface area (Å²) >= 11 is 0. The van der Waals surface area contributed by atoms with Gasteiger partial charge in [-0.1, -0.05) is 26.0 Å². The predicted octanol–water partition coefficient (Wildman–Crippen LogP) is 2.11. The zero-order chi connectivity index (χ0) is 14.7. The molecule has 1 amide bonds. The van der Waals surface area contributed by atoms with Gasteiger partial charge in [-0.25, -0.2) is 4.98 Å². The molecule has 0 aliphatic heterocycles. The molecule has 0 spiro atoms. The standard InChI is InChI=1S/C15H22N4O/c1-9(2)8-11(16)15(20)17-10(3)14-18-12-6-4-5-7-13(12)19-14/h4-7,9-11H,8,16H2,1-3H3,(H,17,20)(H,18,19)/t10?,11-/m0/s1. The third kappa shape index (κ3) is 3.36. The maximum absolute atomic E-state index is 12.0. The number of nitrogens with zero attached hydrogens (tertiary/aromatic N) is 1. The summed E-state index contributed by atoms with van der Waals surface area (Å²) in [6.45, 7) is 6.00. The maximum Gasteiger partial charge on any atom is 0.237 e. The van der Waals surface area contributed by atoms with Crippen LogP contribution in [0, 0.1) is 5.92 Å². The fourth-order valence-corrected chi connectivity index (χ4v) is 2.18. The third-order valence-electron chi connectivity index (χ3n) is 3.24. The number of nitrogens with one attached hydrogen (secondary N) is 2. The molecule has 0 fully saturated rings. The van der Waals surface area contributed by atoms with Gasteiger partial charge in [-0.15, -0.1) is 0 Å². The van der Waals surface area contributed by atoms with Crippen LogP contribution in [0.1, 0.15) is 39.1 Å². The third-order valence-corrected chi connectivity index (χ3v) is 3.24. The Morgan fingerprint density at radius 3 is 2.70 bits per heavy atom. The van der Waals surface area contributed by atoms with E-state index in [2.05, 4.69) is 29.1 Å². The highest BCUT2D eigenvalue weighted by molar-refractivity contribution is 5.82. The molecule has 2 rings (SSSR count). The van der Waals surface area contributed by atoms with Crippen molar-refractivity contribution in [1.29, 1.82) is 0 Å². The molecule has 1 unspecified atom stereocenters. The number of hydrogen-bond donors (Lipinski definition) is 3. The van der Waals surface area contributed by atoms with Crippen LogP contribution in [0.15, 0.2) is 24.3 Å². The number of imidazole rings is 1. The quantitative estimate of drug-likeness (QED) is 0.780. The Morgan fingerprint density at radius 1 is 1.35 bits per heavy atom. The largest absolute Gasteiger partial charge is 0.345 e. The van der Waals surface area contributed by atoms with Crippen molar-refractivity contribution < 1.29 is 4.79 Å². The molecule has 4 N–H and O–H groups in total. The van der Waals surface area contributed by atoms with Gasteiger partial charge in [0, 0.05) is 0 Å². The Bertz CT molecular complexity index is 557. The van der Waals surface area contributed by atoms with Gasteiger partial charge in [0.1, 0.15) is 5.82 Å². The lowest BCUT2D eigenvalue weighted by molar-refractivity contribution is -0.123. The Kier molecular flexibility index (Phi) is 4.39. The fourth-order valence-electron chi connectivity index (χ4n) is 2.18. The first-order valence-electron chi connectivity index (χ1n) is 6.98. The van der Waals surface area contributed by atoms with Crippen molar-refractivity contribution >= 4 is 16.9 Å². The molecule has 0 aliphatic rings. The van der Waals surface area contributed by atoms with E-state index >= 15 is 0 Å². The highest BCUT2D eigenvalue weighted by Gasteiger charge is 2.19. The Balaban J connectivity index is 2.04. The van der Waals surface area contributed by atoms with E-state index in [9.17, 15) is 4.79 Å². The minimum absolute atomic E-state index is 0.133. The van der Waals surface area contributed by atoms with E-state index in [0.717, 1.165) is 16.9 Å². The molecule has 0 saturated heterocycles. The van der Waals surface area contributed by atoms with Crippen LogP contribution in [0.5, 0.6) is 0 Å². The SMILES string of the molecule is CC(C)C[C@H](N)C(=O)NC(C)c1nc2ccccc2[nH]1. The van der Waals surface area contributed by atoms with Crippen molar-refractivity contribution in [3.05, 3.63) is 30.1 Å². The van der Waals surface area contributed by atoms with Gasteiger partial charge in [0.25, 0.3) is 0 Å². The molecular weight excluding hydrogens is 252 g/mol. The van der Waals surface area contributed by atoms with Gasteiger partial charge in [-0.05, 0) is 31.4 Å². The minimum Gasteiger partial charge on any atom is -0.345 e. The Hall–Kier alpha value is -1.88. The zero-order valence-electron chi connectivity index (χ0n) is 12.2. The highest BCUT2D eigenvalue weighted by Crippen LogP contribution is 2.15. The molecule has 20 heavy (non-hydrogen) atoms. The van der Waals surface area contributed by atoms with E-state index < -0.39 is 6.04 Å². The Labute approximate surface area is 119 Å². The minimum atomic E-state index is -0.471. The molecule has 108 valence electrons. The van der Waals surface area contributed by atoms with Gasteiger partial charge in [-0.2, -0.15) is 0 Å². The first-order chi connectivity index (χ1) is 9.47. The number of aromatic amines is 1. The second kappa shape index (κ2) is 6.05. The molecule has 2 atom stereocenters. The molecule has 1 aromatic carbocycles. The molecule has 2 aromatic rings. The van der Waals surface area contributed by atoms with Gasteiger partial charge in [0.05, 0.1) is 23.1 Å². The summed E-state index contributed by atoms with van der Waals surface area (Å²) in [4.78, 5) is 19.7. The van der Waals surface area contributed by atoms with Crippen LogP contribution in [0.25, 0.3) is 11.0 Å². The van der Waals surface area contributed by atoms with E-state index in [4.69, 9.17) is 5.73 Å². The number of carbonyl (C=O) groups excluding carboxylic acids is 1. The van der Waals surface area contributed by atoms with Crippen LogP contribution in [-0.4, -0.2) is 21.9 Å². The summed E-state index contributed by atoms with van der Waals surface area (Å²) in [6, 6.07) is 7.13. The van der Waals surface area contributed by atoms with Gasteiger partial charge in [0.2, 0.25) is 5.91 Å². The predicted molar refractivity (Wildman–Crippen MR) is 80.1 cm³/mol. The second-order valence-electron chi connectivity index (χ2n) is 5.61. The number of fused-ring (bicyclic) bond motifs is 1. The van der Waals surface area contributed by atoms with Gasteiger partial charge in [-0.3, -0.25) is 4.79 Å². The van der Waals surface area contributed by atoms with Crippen molar-refractivity contribution in [2.45, 2.75) is 39.3 Å². The van der Waals surface area contributed by atoms with E-state index in [-0.39, 0.29) is 11.9 Å². The number of carbonyl (C=O) groups is 1. The lowest BCUT2D eigenvalue weighted by Crippen LogP contribution is -2.42. The normalized spacial score (nSPS) is 14.4. The number of benzene rings is 1. The zero-order valence-corrected chi connectivity index (χ0v) is 12.2. The van der Waals surface area contributed by atoms with Crippen LogP contribution in [0.4, 0.5) is 0 Å². The van der Waals surface area contributed by atoms with Crippen LogP contribution in [0.3, 0.4) is 0 Å². The molecule has 0 saturated carbocycles. The summed E-state index contributed by atoms with van der Waals surface area (Å²) in [5.41, 5.74) is 7.74. The van der Waals surface area contributed by atoms with Crippen molar-refractivity contribution in [3.8, 4) is 0 Å². The second-order valence-corrected chi connectivity index (χ2v) is 5.61. The number of hydrogen-bond acceptors (Lipinski definition) is 3. The molecule has 5 nitrogen and oxygen atoms in total. The molecule has 0 bridgehead atoms.